The lowest BCUT2D eigenvalue weighted by Crippen LogP contribution is -2.33. The van der Waals surface area contributed by atoms with Gasteiger partial charge in [0, 0.05) is 41.6 Å². The summed E-state index contributed by atoms with van der Waals surface area (Å²) in [5.74, 6) is 0.191. The summed E-state index contributed by atoms with van der Waals surface area (Å²) in [4.78, 5) is 13.7. The molecule has 1 amide bonds. The zero-order valence-corrected chi connectivity index (χ0v) is 14.6. The molecule has 0 radical (unpaired) electrons. The lowest BCUT2D eigenvalue weighted by Gasteiger charge is -2.20. The number of halogens is 2. The van der Waals surface area contributed by atoms with E-state index in [-0.39, 0.29) is 11.9 Å². The SMILES string of the molecule is CCN(CC)C(=O)CCNC(C)c1ccc(Br)cc1Cl. The molecule has 3 nitrogen and oxygen atoms in total. The Morgan fingerprint density at radius 1 is 1.40 bits per heavy atom. The highest BCUT2D eigenvalue weighted by molar-refractivity contribution is 9.10. The van der Waals surface area contributed by atoms with Crippen molar-refractivity contribution in [3.8, 4) is 0 Å². The van der Waals surface area contributed by atoms with Crippen molar-refractivity contribution in [1.29, 1.82) is 0 Å². The summed E-state index contributed by atoms with van der Waals surface area (Å²) in [6, 6.07) is 5.98. The average molecular weight is 362 g/mol. The van der Waals surface area contributed by atoms with Crippen molar-refractivity contribution in [2.75, 3.05) is 19.6 Å². The van der Waals surface area contributed by atoms with Crippen molar-refractivity contribution in [1.82, 2.24) is 10.2 Å². The molecule has 1 atom stereocenters. The number of carbonyl (C=O) groups excluding carboxylic acids is 1. The highest BCUT2D eigenvalue weighted by Gasteiger charge is 2.12. The van der Waals surface area contributed by atoms with Gasteiger partial charge in [-0.2, -0.15) is 0 Å². The van der Waals surface area contributed by atoms with Crippen molar-refractivity contribution >= 4 is 33.4 Å². The van der Waals surface area contributed by atoms with E-state index < -0.39 is 0 Å². The van der Waals surface area contributed by atoms with Crippen LogP contribution in [0.5, 0.6) is 0 Å². The first-order valence-corrected chi connectivity index (χ1v) is 8.12. The number of amides is 1. The van der Waals surface area contributed by atoms with E-state index in [2.05, 4.69) is 28.2 Å². The van der Waals surface area contributed by atoms with E-state index in [0.717, 1.165) is 28.1 Å². The van der Waals surface area contributed by atoms with Gasteiger partial charge < -0.3 is 10.2 Å². The van der Waals surface area contributed by atoms with Crippen molar-refractivity contribution in [2.45, 2.75) is 33.2 Å². The molecule has 5 heteroatoms. The summed E-state index contributed by atoms with van der Waals surface area (Å²) < 4.78 is 0.968. The van der Waals surface area contributed by atoms with Crippen LogP contribution in [0.2, 0.25) is 5.02 Å². The second-order valence-electron chi connectivity index (χ2n) is 4.66. The Kier molecular flexibility index (Phi) is 7.56. The first kappa shape index (κ1) is 17.5. The zero-order valence-electron chi connectivity index (χ0n) is 12.2. The molecule has 1 aromatic carbocycles. The summed E-state index contributed by atoms with van der Waals surface area (Å²) in [6.07, 6.45) is 0.514. The fourth-order valence-corrected chi connectivity index (χ4v) is 2.93. The van der Waals surface area contributed by atoms with E-state index in [1.165, 1.54) is 0 Å². The third-order valence-corrected chi connectivity index (χ3v) is 4.16. The largest absolute Gasteiger partial charge is 0.343 e. The van der Waals surface area contributed by atoms with Gasteiger partial charge in [-0.05, 0) is 38.5 Å². The van der Waals surface area contributed by atoms with Gasteiger partial charge in [-0.25, -0.2) is 0 Å². The van der Waals surface area contributed by atoms with E-state index in [1.807, 2.05) is 36.9 Å². The lowest BCUT2D eigenvalue weighted by molar-refractivity contribution is -0.130. The molecule has 1 unspecified atom stereocenters. The number of carbonyl (C=O) groups is 1. The van der Waals surface area contributed by atoms with E-state index in [4.69, 9.17) is 11.6 Å². The minimum atomic E-state index is 0.125. The van der Waals surface area contributed by atoms with E-state index in [9.17, 15) is 4.79 Å². The summed E-state index contributed by atoms with van der Waals surface area (Å²) in [7, 11) is 0. The lowest BCUT2D eigenvalue weighted by atomic mass is 10.1. The first-order valence-electron chi connectivity index (χ1n) is 6.95. The van der Waals surface area contributed by atoms with Crippen LogP contribution in [-0.4, -0.2) is 30.4 Å². The van der Waals surface area contributed by atoms with Gasteiger partial charge in [-0.15, -0.1) is 0 Å². The molecule has 0 aliphatic carbocycles. The summed E-state index contributed by atoms with van der Waals surface area (Å²) >= 11 is 9.61. The Bertz CT molecular complexity index is 449. The molecule has 20 heavy (non-hydrogen) atoms. The molecule has 0 aliphatic heterocycles. The molecule has 1 N–H and O–H groups in total. The Morgan fingerprint density at radius 3 is 2.60 bits per heavy atom. The fourth-order valence-electron chi connectivity index (χ4n) is 2.09. The average Bonchev–Trinajstić information content (AvgIpc) is 2.39. The van der Waals surface area contributed by atoms with Gasteiger partial charge in [0.15, 0.2) is 0 Å². The summed E-state index contributed by atoms with van der Waals surface area (Å²) in [5.41, 5.74) is 1.05. The smallest absolute Gasteiger partial charge is 0.223 e. The van der Waals surface area contributed by atoms with Crippen LogP contribution in [0.3, 0.4) is 0 Å². The minimum absolute atomic E-state index is 0.125. The molecule has 1 aromatic rings. The zero-order chi connectivity index (χ0) is 15.1. The van der Waals surface area contributed by atoms with Crippen LogP contribution in [0.25, 0.3) is 0 Å². The van der Waals surface area contributed by atoms with Crippen LogP contribution in [0, 0.1) is 0 Å². The molecule has 0 heterocycles. The maximum Gasteiger partial charge on any atom is 0.223 e. The normalized spacial score (nSPS) is 12.2. The molecule has 0 saturated heterocycles. The van der Waals surface area contributed by atoms with Crippen molar-refractivity contribution in [2.24, 2.45) is 0 Å². The number of hydrogen-bond acceptors (Lipinski definition) is 2. The third kappa shape index (κ3) is 5.08. The molecule has 0 aliphatic rings. The number of benzene rings is 1. The topological polar surface area (TPSA) is 32.3 Å². The maximum absolute atomic E-state index is 11.9. The number of hydrogen-bond donors (Lipinski definition) is 1. The molecule has 0 fully saturated rings. The first-order chi connectivity index (χ1) is 9.49. The van der Waals surface area contributed by atoms with Crippen LogP contribution in [0.15, 0.2) is 22.7 Å². The quantitative estimate of drug-likeness (QED) is 0.796. The number of nitrogens with one attached hydrogen (secondary N) is 1. The molecule has 0 bridgehead atoms. The van der Waals surface area contributed by atoms with Gasteiger partial charge in [-0.3, -0.25) is 4.79 Å². The van der Waals surface area contributed by atoms with Crippen LogP contribution >= 0.6 is 27.5 Å². The molecule has 0 saturated carbocycles. The number of nitrogens with zero attached hydrogens (tertiary/aromatic N) is 1. The van der Waals surface area contributed by atoms with E-state index in [1.54, 1.807) is 0 Å². The van der Waals surface area contributed by atoms with Crippen molar-refractivity contribution in [3.63, 3.8) is 0 Å². The second kappa shape index (κ2) is 8.65. The summed E-state index contributed by atoms with van der Waals surface area (Å²) in [6.45, 7) is 8.24. The van der Waals surface area contributed by atoms with E-state index in [0.29, 0.717) is 13.0 Å². The highest BCUT2D eigenvalue weighted by Crippen LogP contribution is 2.26. The van der Waals surface area contributed by atoms with Gasteiger partial charge in [0.2, 0.25) is 5.91 Å². The van der Waals surface area contributed by atoms with Crippen molar-refractivity contribution in [3.05, 3.63) is 33.3 Å². The van der Waals surface area contributed by atoms with Crippen LogP contribution < -0.4 is 5.32 Å². The third-order valence-electron chi connectivity index (χ3n) is 3.33. The highest BCUT2D eigenvalue weighted by atomic mass is 79.9. The van der Waals surface area contributed by atoms with Gasteiger partial charge >= 0.3 is 0 Å². The molecule has 112 valence electrons. The Morgan fingerprint density at radius 2 is 2.05 bits per heavy atom. The van der Waals surface area contributed by atoms with Gasteiger partial charge in [0.25, 0.3) is 0 Å². The Balaban J connectivity index is 2.47. The van der Waals surface area contributed by atoms with Crippen LogP contribution in [0.4, 0.5) is 0 Å². The maximum atomic E-state index is 11.9. The van der Waals surface area contributed by atoms with Gasteiger partial charge in [-0.1, -0.05) is 33.6 Å². The molecule has 1 rings (SSSR count). The van der Waals surface area contributed by atoms with Gasteiger partial charge in [0.1, 0.15) is 0 Å². The standard InChI is InChI=1S/C15H22BrClN2O/c1-4-19(5-2)15(20)8-9-18-11(3)13-7-6-12(16)10-14(13)17/h6-7,10-11,18H,4-5,8-9H2,1-3H3. The predicted molar refractivity (Wildman–Crippen MR) is 88.1 cm³/mol. The monoisotopic (exact) mass is 360 g/mol. The fraction of sp³-hybridized carbons (Fsp3) is 0.533. The second-order valence-corrected chi connectivity index (χ2v) is 5.98. The molecular weight excluding hydrogens is 340 g/mol. The summed E-state index contributed by atoms with van der Waals surface area (Å²) in [5, 5.41) is 4.08. The Labute approximate surface area is 134 Å². The van der Waals surface area contributed by atoms with Crippen LogP contribution in [0.1, 0.15) is 38.8 Å². The molecule has 0 spiro atoms. The van der Waals surface area contributed by atoms with Crippen molar-refractivity contribution < 1.29 is 4.79 Å². The minimum Gasteiger partial charge on any atom is -0.343 e. The van der Waals surface area contributed by atoms with Crippen LogP contribution in [-0.2, 0) is 4.79 Å². The predicted octanol–water partition coefficient (Wildman–Crippen LogP) is 4.01. The molecular formula is C15H22BrClN2O. The number of rotatable bonds is 7. The van der Waals surface area contributed by atoms with E-state index >= 15 is 0 Å². The molecule has 0 aromatic heterocycles. The Hall–Kier alpha value is -0.580. The van der Waals surface area contributed by atoms with Gasteiger partial charge in [0.05, 0.1) is 0 Å².